The van der Waals surface area contributed by atoms with Crippen LogP contribution in [0.5, 0.6) is 5.75 Å². The lowest BCUT2D eigenvalue weighted by Gasteiger charge is -2.02. The quantitative estimate of drug-likeness (QED) is 0.686. The maximum absolute atomic E-state index is 12.4. The third kappa shape index (κ3) is 3.71. The van der Waals surface area contributed by atoms with Crippen LogP contribution in [0.1, 0.15) is 17.3 Å². The summed E-state index contributed by atoms with van der Waals surface area (Å²) in [5, 5.41) is 0. The summed E-state index contributed by atoms with van der Waals surface area (Å²) in [6, 6.07) is 11.7. The highest BCUT2D eigenvalue weighted by atomic mass is 32.2. The van der Waals surface area contributed by atoms with Crippen LogP contribution < -0.4 is 9.54 Å². The molecular formula is C18H18N2O4S2. The number of fused-ring (bicyclic) bond motifs is 1. The number of aryl methyl sites for hydroxylation is 1. The fourth-order valence-electron chi connectivity index (χ4n) is 2.46. The van der Waals surface area contributed by atoms with Gasteiger partial charge in [0.1, 0.15) is 5.75 Å². The van der Waals surface area contributed by atoms with E-state index in [2.05, 4.69) is 4.99 Å². The van der Waals surface area contributed by atoms with E-state index in [9.17, 15) is 13.2 Å². The fourth-order valence-corrected chi connectivity index (χ4v) is 4.24. The summed E-state index contributed by atoms with van der Waals surface area (Å²) < 4.78 is 31.3. The van der Waals surface area contributed by atoms with E-state index >= 15 is 0 Å². The highest BCUT2D eigenvalue weighted by molar-refractivity contribution is 7.90. The molecule has 1 amide bonds. The average Bonchev–Trinajstić information content (AvgIpc) is 2.90. The molecule has 0 radical (unpaired) electrons. The second-order valence-corrected chi connectivity index (χ2v) is 8.74. The molecular weight excluding hydrogens is 372 g/mol. The Labute approximate surface area is 155 Å². The zero-order valence-electron chi connectivity index (χ0n) is 14.6. The van der Waals surface area contributed by atoms with Crippen molar-refractivity contribution in [2.75, 3.05) is 12.9 Å². The Hall–Kier alpha value is -2.45. The average molecular weight is 390 g/mol. The Morgan fingerprint density at radius 2 is 1.88 bits per heavy atom. The zero-order chi connectivity index (χ0) is 18.9. The van der Waals surface area contributed by atoms with Crippen LogP contribution in [0, 0.1) is 0 Å². The molecule has 0 unspecified atom stereocenters. The summed E-state index contributed by atoms with van der Waals surface area (Å²) >= 11 is 1.27. The molecule has 0 aliphatic carbocycles. The van der Waals surface area contributed by atoms with Crippen LogP contribution >= 0.6 is 11.3 Å². The van der Waals surface area contributed by atoms with E-state index < -0.39 is 9.84 Å². The second kappa shape index (κ2) is 7.05. The first kappa shape index (κ1) is 18.3. The van der Waals surface area contributed by atoms with Crippen molar-refractivity contribution in [3.8, 4) is 5.75 Å². The van der Waals surface area contributed by atoms with Gasteiger partial charge in [-0.3, -0.25) is 4.79 Å². The summed E-state index contributed by atoms with van der Waals surface area (Å²) in [5.74, 6) is 0.336. The number of sulfone groups is 1. The molecule has 0 saturated carbocycles. The molecule has 0 N–H and O–H groups in total. The summed E-state index contributed by atoms with van der Waals surface area (Å²) in [6.07, 6.45) is 1.17. The molecule has 0 fully saturated rings. The van der Waals surface area contributed by atoms with Gasteiger partial charge in [-0.25, -0.2) is 8.42 Å². The first-order chi connectivity index (χ1) is 12.3. The van der Waals surface area contributed by atoms with Crippen LogP contribution in [0.25, 0.3) is 10.2 Å². The van der Waals surface area contributed by atoms with Gasteiger partial charge in [0.15, 0.2) is 14.6 Å². The molecule has 1 aromatic heterocycles. The number of hydrogen-bond acceptors (Lipinski definition) is 5. The molecule has 0 aliphatic heterocycles. The largest absolute Gasteiger partial charge is 0.494 e. The number of ether oxygens (including phenoxy) is 1. The second-order valence-electron chi connectivity index (χ2n) is 5.72. The lowest BCUT2D eigenvalue weighted by Crippen LogP contribution is -2.13. The number of carbonyl (C=O) groups excluding carboxylic acids is 1. The Kier molecular flexibility index (Phi) is 4.97. The number of thiazole rings is 1. The van der Waals surface area contributed by atoms with Gasteiger partial charge >= 0.3 is 0 Å². The Bertz CT molecular complexity index is 1140. The molecule has 0 bridgehead atoms. The highest BCUT2D eigenvalue weighted by Gasteiger charge is 2.12. The van der Waals surface area contributed by atoms with Gasteiger partial charge in [-0.15, -0.1) is 0 Å². The summed E-state index contributed by atoms with van der Waals surface area (Å²) in [4.78, 5) is 17.4. The van der Waals surface area contributed by atoms with Gasteiger partial charge in [0.25, 0.3) is 5.91 Å². The number of rotatable bonds is 4. The Morgan fingerprint density at radius 3 is 2.50 bits per heavy atom. The van der Waals surface area contributed by atoms with E-state index in [0.717, 1.165) is 10.2 Å². The SMILES string of the molecule is CCOc1ccc(C(=O)N=c2sc3cc(S(C)(=O)=O)ccc3n2C)cc1. The maximum atomic E-state index is 12.4. The molecule has 136 valence electrons. The van der Waals surface area contributed by atoms with Crippen molar-refractivity contribution in [3.63, 3.8) is 0 Å². The third-order valence-electron chi connectivity index (χ3n) is 3.82. The van der Waals surface area contributed by atoms with Crippen molar-refractivity contribution < 1.29 is 17.9 Å². The molecule has 26 heavy (non-hydrogen) atoms. The van der Waals surface area contributed by atoms with Crippen molar-refractivity contribution in [2.24, 2.45) is 12.0 Å². The predicted molar refractivity (Wildman–Crippen MR) is 101 cm³/mol. The van der Waals surface area contributed by atoms with Crippen molar-refractivity contribution in [2.45, 2.75) is 11.8 Å². The number of hydrogen-bond donors (Lipinski definition) is 0. The van der Waals surface area contributed by atoms with E-state index in [-0.39, 0.29) is 10.8 Å². The number of amides is 1. The van der Waals surface area contributed by atoms with E-state index in [1.165, 1.54) is 17.6 Å². The number of carbonyl (C=O) groups is 1. The monoisotopic (exact) mass is 390 g/mol. The first-order valence-electron chi connectivity index (χ1n) is 7.91. The number of aromatic nitrogens is 1. The fraction of sp³-hybridized carbons (Fsp3) is 0.222. The van der Waals surface area contributed by atoms with E-state index in [4.69, 9.17) is 4.74 Å². The van der Waals surface area contributed by atoms with Crippen LogP contribution in [-0.2, 0) is 16.9 Å². The molecule has 1 heterocycles. The van der Waals surface area contributed by atoms with Crippen LogP contribution in [0.4, 0.5) is 0 Å². The molecule has 0 aliphatic rings. The summed E-state index contributed by atoms with van der Waals surface area (Å²) in [7, 11) is -1.49. The van der Waals surface area contributed by atoms with E-state index in [1.807, 2.05) is 6.92 Å². The smallest absolute Gasteiger partial charge is 0.279 e. The molecule has 0 atom stereocenters. The maximum Gasteiger partial charge on any atom is 0.279 e. The van der Waals surface area contributed by atoms with Gasteiger partial charge in [-0.05, 0) is 49.4 Å². The minimum Gasteiger partial charge on any atom is -0.494 e. The number of benzene rings is 2. The van der Waals surface area contributed by atoms with Gasteiger partial charge in [-0.1, -0.05) is 11.3 Å². The van der Waals surface area contributed by atoms with Crippen LogP contribution in [0.3, 0.4) is 0 Å². The van der Waals surface area contributed by atoms with Crippen molar-refractivity contribution >= 4 is 37.3 Å². The van der Waals surface area contributed by atoms with Crippen LogP contribution in [-0.4, -0.2) is 31.8 Å². The third-order valence-corrected chi connectivity index (χ3v) is 6.02. The highest BCUT2D eigenvalue weighted by Crippen LogP contribution is 2.21. The van der Waals surface area contributed by atoms with Gasteiger partial charge in [0.05, 0.1) is 21.7 Å². The molecule has 8 heteroatoms. The molecule has 2 aromatic carbocycles. The van der Waals surface area contributed by atoms with Crippen LogP contribution in [0.15, 0.2) is 52.4 Å². The Morgan fingerprint density at radius 1 is 1.19 bits per heavy atom. The van der Waals surface area contributed by atoms with Crippen LogP contribution in [0.2, 0.25) is 0 Å². The minimum absolute atomic E-state index is 0.247. The zero-order valence-corrected chi connectivity index (χ0v) is 16.2. The number of nitrogens with zero attached hydrogens (tertiary/aromatic N) is 2. The Balaban J connectivity index is 2.01. The lowest BCUT2D eigenvalue weighted by atomic mass is 10.2. The summed E-state index contributed by atoms with van der Waals surface area (Å²) in [6.45, 7) is 2.45. The normalized spacial score (nSPS) is 12.5. The molecule has 0 saturated heterocycles. The first-order valence-corrected chi connectivity index (χ1v) is 10.6. The van der Waals surface area contributed by atoms with Crippen molar-refractivity contribution in [1.82, 2.24) is 4.57 Å². The topological polar surface area (TPSA) is 77.7 Å². The molecule has 3 aromatic rings. The van der Waals surface area contributed by atoms with Gasteiger partial charge in [-0.2, -0.15) is 4.99 Å². The lowest BCUT2D eigenvalue weighted by molar-refractivity contribution is 0.0998. The minimum atomic E-state index is -3.28. The van der Waals surface area contributed by atoms with Crippen molar-refractivity contribution in [1.29, 1.82) is 0 Å². The molecule has 0 spiro atoms. The summed E-state index contributed by atoms with van der Waals surface area (Å²) in [5.41, 5.74) is 1.28. The van der Waals surface area contributed by atoms with Crippen molar-refractivity contribution in [3.05, 3.63) is 52.8 Å². The van der Waals surface area contributed by atoms with E-state index in [1.54, 1.807) is 54.1 Å². The van der Waals surface area contributed by atoms with Gasteiger partial charge in [0, 0.05) is 18.9 Å². The predicted octanol–water partition coefficient (Wildman–Crippen LogP) is 2.78. The van der Waals surface area contributed by atoms with E-state index in [0.29, 0.717) is 22.7 Å². The molecule has 3 rings (SSSR count). The van der Waals surface area contributed by atoms with Gasteiger partial charge < -0.3 is 9.30 Å². The van der Waals surface area contributed by atoms with Gasteiger partial charge in [0.2, 0.25) is 0 Å². The standard InChI is InChI=1S/C18H18N2O4S2/c1-4-24-13-7-5-12(6-8-13)17(21)19-18-20(2)15-10-9-14(26(3,22)23)11-16(15)25-18/h5-11H,4H2,1-3H3. The molecule has 6 nitrogen and oxygen atoms in total.